The van der Waals surface area contributed by atoms with Crippen LogP contribution in [0.2, 0.25) is 0 Å². The van der Waals surface area contributed by atoms with Gasteiger partial charge in [0.05, 0.1) is 4.90 Å². The van der Waals surface area contributed by atoms with Crippen molar-refractivity contribution in [2.45, 2.75) is 4.90 Å². The molecule has 1 aliphatic rings. The Morgan fingerprint density at radius 1 is 1.03 bits per heavy atom. The van der Waals surface area contributed by atoms with Gasteiger partial charge >= 0.3 is 0 Å². The fraction of sp³-hybridized carbons (Fsp3) is 0.200. The van der Waals surface area contributed by atoms with Gasteiger partial charge in [0, 0.05) is 43.8 Å². The molecule has 0 radical (unpaired) electrons. The van der Waals surface area contributed by atoms with Gasteiger partial charge in [0.1, 0.15) is 11.6 Å². The van der Waals surface area contributed by atoms with E-state index < -0.39 is 15.9 Å². The Balaban J connectivity index is 1.63. The number of nitrogens with one attached hydrogen (secondary N) is 1. The van der Waals surface area contributed by atoms with Gasteiger partial charge in [-0.25, -0.2) is 8.42 Å². The topological polar surface area (TPSA) is 120 Å². The molecule has 3 rings (SSSR count). The van der Waals surface area contributed by atoms with Crippen molar-refractivity contribution < 1.29 is 13.2 Å². The summed E-state index contributed by atoms with van der Waals surface area (Å²) in [5, 5.41) is 12.0. The number of nitrogens with zero attached hydrogens (tertiary/aromatic N) is 3. The normalized spacial score (nSPS) is 15.6. The van der Waals surface area contributed by atoms with E-state index in [0.717, 1.165) is 0 Å². The van der Waals surface area contributed by atoms with E-state index in [1.165, 1.54) is 10.5 Å². The average Bonchev–Trinajstić information content (AvgIpc) is 2.74. The molecular formula is C20H21N5O3S. The number of carbonyl (C=O) groups excluding carboxylic acids is 1. The number of rotatable bonds is 5. The number of carbonyl (C=O) groups is 1. The number of nitrogen functional groups attached to an aromatic ring is 1. The summed E-state index contributed by atoms with van der Waals surface area (Å²) in [4.78, 5) is 14.4. The first-order valence-corrected chi connectivity index (χ1v) is 10.4. The van der Waals surface area contributed by atoms with E-state index in [1.54, 1.807) is 59.5 Å². The number of hydrogen-bond acceptors (Lipinski definition) is 6. The molecule has 0 bridgehead atoms. The number of sulfonamides is 1. The highest BCUT2D eigenvalue weighted by molar-refractivity contribution is 7.89. The molecule has 29 heavy (non-hydrogen) atoms. The van der Waals surface area contributed by atoms with Crippen LogP contribution < -0.4 is 11.1 Å². The SMILES string of the molecule is N#C/C(=C/N1CCN(S(=O)(=O)c2ccccc2)CC1)C(=O)Nc1ccc(N)cc1. The molecule has 150 valence electrons. The second-order valence-electron chi connectivity index (χ2n) is 6.48. The van der Waals surface area contributed by atoms with Gasteiger partial charge in [-0.05, 0) is 36.4 Å². The Bertz CT molecular complexity index is 1040. The van der Waals surface area contributed by atoms with E-state index in [-0.39, 0.29) is 23.6 Å². The molecule has 0 aliphatic carbocycles. The lowest BCUT2D eigenvalue weighted by atomic mass is 10.2. The molecule has 1 fully saturated rings. The van der Waals surface area contributed by atoms with E-state index in [4.69, 9.17) is 5.73 Å². The molecule has 0 aromatic heterocycles. The van der Waals surface area contributed by atoms with Crippen LogP contribution in [0.1, 0.15) is 0 Å². The van der Waals surface area contributed by atoms with Crippen LogP contribution in [-0.4, -0.2) is 49.7 Å². The van der Waals surface area contributed by atoms with Crippen LogP contribution >= 0.6 is 0 Å². The molecule has 0 saturated carbocycles. The zero-order valence-corrected chi connectivity index (χ0v) is 16.5. The Morgan fingerprint density at radius 2 is 1.66 bits per heavy atom. The number of benzene rings is 2. The summed E-state index contributed by atoms with van der Waals surface area (Å²) in [6.07, 6.45) is 1.47. The van der Waals surface area contributed by atoms with Crippen molar-refractivity contribution in [3.8, 4) is 6.07 Å². The molecule has 0 atom stereocenters. The molecule has 1 aliphatic heterocycles. The smallest absolute Gasteiger partial charge is 0.267 e. The second kappa shape index (κ2) is 8.77. The van der Waals surface area contributed by atoms with Crippen molar-refractivity contribution in [3.05, 3.63) is 66.4 Å². The highest BCUT2D eigenvalue weighted by atomic mass is 32.2. The van der Waals surface area contributed by atoms with Gasteiger partial charge in [-0.3, -0.25) is 4.79 Å². The Hall–Kier alpha value is -3.35. The first-order chi connectivity index (χ1) is 13.9. The van der Waals surface area contributed by atoms with Gasteiger partial charge in [0.2, 0.25) is 10.0 Å². The third-order valence-electron chi connectivity index (χ3n) is 4.50. The lowest BCUT2D eigenvalue weighted by Gasteiger charge is -2.33. The van der Waals surface area contributed by atoms with Gasteiger partial charge in [0.15, 0.2) is 0 Å². The first kappa shape index (κ1) is 20.4. The Morgan fingerprint density at radius 3 is 2.24 bits per heavy atom. The summed E-state index contributed by atoms with van der Waals surface area (Å²) in [6, 6.07) is 16.8. The summed E-state index contributed by atoms with van der Waals surface area (Å²) in [5.74, 6) is -0.531. The first-order valence-electron chi connectivity index (χ1n) is 8.98. The van der Waals surface area contributed by atoms with Crippen LogP contribution in [-0.2, 0) is 14.8 Å². The predicted octanol–water partition coefficient (Wildman–Crippen LogP) is 1.62. The third-order valence-corrected chi connectivity index (χ3v) is 6.41. The molecule has 1 saturated heterocycles. The van der Waals surface area contributed by atoms with Crippen molar-refractivity contribution in [2.24, 2.45) is 0 Å². The molecular weight excluding hydrogens is 390 g/mol. The van der Waals surface area contributed by atoms with Crippen LogP contribution in [0.5, 0.6) is 0 Å². The van der Waals surface area contributed by atoms with Crippen molar-refractivity contribution in [1.82, 2.24) is 9.21 Å². The summed E-state index contributed by atoms with van der Waals surface area (Å²) < 4.78 is 26.8. The highest BCUT2D eigenvalue weighted by Gasteiger charge is 2.28. The zero-order valence-electron chi connectivity index (χ0n) is 15.7. The molecule has 0 spiro atoms. The lowest BCUT2D eigenvalue weighted by Crippen LogP contribution is -2.46. The zero-order chi connectivity index (χ0) is 20.9. The van der Waals surface area contributed by atoms with Crippen LogP contribution in [0.4, 0.5) is 11.4 Å². The maximum atomic E-state index is 12.7. The minimum atomic E-state index is -3.55. The van der Waals surface area contributed by atoms with Gasteiger partial charge < -0.3 is 16.0 Å². The molecule has 2 aromatic carbocycles. The third kappa shape index (κ3) is 4.93. The standard InChI is InChI=1S/C20H21N5O3S/c21-14-16(20(26)23-18-8-6-17(22)7-9-18)15-24-10-12-25(13-11-24)29(27,28)19-4-2-1-3-5-19/h1-9,15H,10-13,22H2,(H,23,26)/b16-15-. The number of piperazine rings is 1. The average molecular weight is 411 g/mol. The van der Waals surface area contributed by atoms with Gasteiger partial charge in [-0.2, -0.15) is 9.57 Å². The largest absolute Gasteiger partial charge is 0.399 e. The molecule has 9 heteroatoms. The molecule has 2 aromatic rings. The molecule has 8 nitrogen and oxygen atoms in total. The quantitative estimate of drug-likeness (QED) is 0.438. The van der Waals surface area contributed by atoms with Gasteiger partial charge in [0.25, 0.3) is 5.91 Å². The number of nitrogens with two attached hydrogens (primary N) is 1. The maximum absolute atomic E-state index is 12.7. The second-order valence-corrected chi connectivity index (χ2v) is 8.42. The summed E-state index contributed by atoms with van der Waals surface area (Å²) >= 11 is 0. The predicted molar refractivity (Wildman–Crippen MR) is 110 cm³/mol. The van der Waals surface area contributed by atoms with Crippen molar-refractivity contribution in [3.63, 3.8) is 0 Å². The number of hydrogen-bond donors (Lipinski definition) is 2. The maximum Gasteiger partial charge on any atom is 0.267 e. The van der Waals surface area contributed by atoms with Gasteiger partial charge in [-0.1, -0.05) is 18.2 Å². The van der Waals surface area contributed by atoms with Crippen LogP contribution in [0.25, 0.3) is 0 Å². The minimum absolute atomic E-state index is 0.0545. The number of amides is 1. The van der Waals surface area contributed by atoms with Crippen molar-refractivity contribution in [2.75, 3.05) is 37.2 Å². The number of anilines is 2. The summed E-state index contributed by atoms with van der Waals surface area (Å²) in [5.41, 5.74) is 6.66. The monoisotopic (exact) mass is 411 g/mol. The summed E-state index contributed by atoms with van der Waals surface area (Å²) in [7, 11) is -3.55. The molecule has 1 amide bonds. The van der Waals surface area contributed by atoms with Crippen LogP contribution in [0.3, 0.4) is 0 Å². The number of nitriles is 1. The van der Waals surface area contributed by atoms with E-state index in [2.05, 4.69) is 5.32 Å². The fourth-order valence-electron chi connectivity index (χ4n) is 2.90. The fourth-order valence-corrected chi connectivity index (χ4v) is 4.34. The lowest BCUT2D eigenvalue weighted by molar-refractivity contribution is -0.112. The van der Waals surface area contributed by atoms with E-state index in [9.17, 15) is 18.5 Å². The van der Waals surface area contributed by atoms with Crippen LogP contribution in [0, 0.1) is 11.3 Å². The van der Waals surface area contributed by atoms with E-state index in [0.29, 0.717) is 24.5 Å². The van der Waals surface area contributed by atoms with Gasteiger partial charge in [-0.15, -0.1) is 0 Å². The molecule has 0 unspecified atom stereocenters. The van der Waals surface area contributed by atoms with Crippen LogP contribution in [0.15, 0.2) is 71.3 Å². The Kier molecular flexibility index (Phi) is 6.16. The van der Waals surface area contributed by atoms with Crippen molar-refractivity contribution in [1.29, 1.82) is 5.26 Å². The molecule has 3 N–H and O–H groups in total. The van der Waals surface area contributed by atoms with E-state index >= 15 is 0 Å². The van der Waals surface area contributed by atoms with Crippen molar-refractivity contribution >= 4 is 27.3 Å². The highest BCUT2D eigenvalue weighted by Crippen LogP contribution is 2.18. The Labute approximate surface area is 169 Å². The minimum Gasteiger partial charge on any atom is -0.399 e. The molecule has 1 heterocycles. The van der Waals surface area contributed by atoms with E-state index in [1.807, 2.05) is 6.07 Å². The summed E-state index contributed by atoms with van der Waals surface area (Å²) in [6.45, 7) is 1.30.